The molecule has 25 heavy (non-hydrogen) atoms. The highest BCUT2D eigenvalue weighted by Crippen LogP contribution is 2.22. The van der Waals surface area contributed by atoms with Gasteiger partial charge in [0.25, 0.3) is 0 Å². The van der Waals surface area contributed by atoms with Crippen LogP contribution in [-0.2, 0) is 12.8 Å². The molecule has 2 heterocycles. The normalized spacial score (nSPS) is 11.6. The summed E-state index contributed by atoms with van der Waals surface area (Å²) in [7, 11) is 1.80. The number of rotatable bonds is 7. The van der Waals surface area contributed by atoms with Crippen LogP contribution >= 0.6 is 11.3 Å². The summed E-state index contributed by atoms with van der Waals surface area (Å²) in [6, 6.07) is 14.3. The number of guanidine groups is 1. The number of aliphatic imine (C=N–C) groups is 1. The quantitative estimate of drug-likeness (QED) is 0.389. The van der Waals surface area contributed by atoms with Crippen molar-refractivity contribution in [3.8, 4) is 0 Å². The molecule has 0 unspecified atom stereocenters. The van der Waals surface area contributed by atoms with E-state index in [0.29, 0.717) is 0 Å². The first kappa shape index (κ1) is 17.4. The summed E-state index contributed by atoms with van der Waals surface area (Å²) >= 11 is 1.78. The van der Waals surface area contributed by atoms with E-state index >= 15 is 0 Å². The van der Waals surface area contributed by atoms with E-state index in [4.69, 9.17) is 0 Å². The Balaban J connectivity index is 1.36. The van der Waals surface area contributed by atoms with Crippen LogP contribution in [0.15, 0.2) is 53.7 Å². The highest BCUT2D eigenvalue weighted by atomic mass is 32.1. The summed E-state index contributed by atoms with van der Waals surface area (Å²) in [6.45, 7) is 1.69. The van der Waals surface area contributed by atoms with Crippen molar-refractivity contribution in [2.45, 2.75) is 19.3 Å². The molecule has 0 aliphatic rings. The summed E-state index contributed by atoms with van der Waals surface area (Å²) in [5, 5.41) is 7.87. The maximum absolute atomic E-state index is 4.67. The number of thiazole rings is 1. The molecular weight excluding hydrogens is 330 g/mol. The number of benzene rings is 1. The van der Waals surface area contributed by atoms with Gasteiger partial charge in [-0.05, 0) is 30.7 Å². The van der Waals surface area contributed by atoms with Gasteiger partial charge < -0.3 is 10.6 Å². The highest BCUT2D eigenvalue weighted by Gasteiger charge is 2.03. The molecule has 0 atom stereocenters. The number of hydrogen-bond donors (Lipinski definition) is 2. The van der Waals surface area contributed by atoms with E-state index in [9.17, 15) is 0 Å². The number of para-hydroxylation sites is 1. The van der Waals surface area contributed by atoms with Gasteiger partial charge in [-0.3, -0.25) is 9.98 Å². The zero-order valence-electron chi connectivity index (χ0n) is 14.4. The van der Waals surface area contributed by atoms with E-state index in [2.05, 4.69) is 43.8 Å². The van der Waals surface area contributed by atoms with Crippen LogP contribution in [-0.4, -0.2) is 36.1 Å². The molecule has 130 valence electrons. The van der Waals surface area contributed by atoms with E-state index in [1.807, 2.05) is 30.5 Å². The minimum atomic E-state index is 0.814. The lowest BCUT2D eigenvalue weighted by atomic mass is 10.3. The topological polar surface area (TPSA) is 62.2 Å². The molecule has 0 amide bonds. The standard InChI is InChI=1S/C19H23N5S/c1-20-19(23-14-11-15-7-4-5-12-21-15)22-13-6-10-18-24-16-8-2-3-9-17(16)25-18/h2-5,7-9,12H,6,10-11,13-14H2,1H3,(H2,20,22,23). The molecule has 0 aliphatic carbocycles. The predicted molar refractivity (Wildman–Crippen MR) is 105 cm³/mol. The molecule has 0 fully saturated rings. The van der Waals surface area contributed by atoms with E-state index in [0.717, 1.165) is 49.5 Å². The third-order valence-corrected chi connectivity index (χ3v) is 4.92. The summed E-state index contributed by atoms with van der Waals surface area (Å²) in [5.74, 6) is 0.834. The van der Waals surface area contributed by atoms with E-state index < -0.39 is 0 Å². The largest absolute Gasteiger partial charge is 0.356 e. The Morgan fingerprint density at radius 1 is 1.04 bits per heavy atom. The number of nitrogens with zero attached hydrogens (tertiary/aromatic N) is 3. The van der Waals surface area contributed by atoms with Gasteiger partial charge in [0.05, 0.1) is 15.2 Å². The number of pyridine rings is 1. The van der Waals surface area contributed by atoms with Crippen LogP contribution < -0.4 is 10.6 Å². The monoisotopic (exact) mass is 353 g/mol. The molecular formula is C19H23N5S. The Kier molecular flexibility index (Phi) is 6.34. The average molecular weight is 353 g/mol. The van der Waals surface area contributed by atoms with Crippen molar-refractivity contribution in [1.82, 2.24) is 20.6 Å². The fourth-order valence-electron chi connectivity index (χ4n) is 2.55. The second-order valence-corrected chi connectivity index (χ2v) is 6.79. The third-order valence-electron chi connectivity index (χ3n) is 3.82. The Bertz CT molecular complexity index is 780. The van der Waals surface area contributed by atoms with Crippen molar-refractivity contribution in [2.24, 2.45) is 4.99 Å². The molecule has 2 aromatic heterocycles. The molecule has 1 aromatic carbocycles. The van der Waals surface area contributed by atoms with Gasteiger partial charge in [0.15, 0.2) is 5.96 Å². The van der Waals surface area contributed by atoms with Crippen molar-refractivity contribution in [1.29, 1.82) is 0 Å². The van der Waals surface area contributed by atoms with Crippen molar-refractivity contribution in [3.63, 3.8) is 0 Å². The molecule has 0 saturated heterocycles. The third kappa shape index (κ3) is 5.26. The lowest BCUT2D eigenvalue weighted by Crippen LogP contribution is -2.38. The molecule has 6 heteroatoms. The molecule has 3 rings (SSSR count). The average Bonchev–Trinajstić information content (AvgIpc) is 3.07. The van der Waals surface area contributed by atoms with Crippen LogP contribution in [0.3, 0.4) is 0 Å². The van der Waals surface area contributed by atoms with Crippen LogP contribution in [0.1, 0.15) is 17.1 Å². The minimum Gasteiger partial charge on any atom is -0.356 e. The van der Waals surface area contributed by atoms with Crippen molar-refractivity contribution >= 4 is 27.5 Å². The van der Waals surface area contributed by atoms with Gasteiger partial charge in [-0.1, -0.05) is 18.2 Å². The van der Waals surface area contributed by atoms with Gasteiger partial charge >= 0.3 is 0 Å². The van der Waals surface area contributed by atoms with Gasteiger partial charge in [-0.2, -0.15) is 0 Å². The predicted octanol–water partition coefficient (Wildman–Crippen LogP) is 3.03. The molecule has 0 aliphatic heterocycles. The van der Waals surface area contributed by atoms with Gasteiger partial charge in [-0.25, -0.2) is 4.98 Å². The number of aromatic nitrogens is 2. The van der Waals surface area contributed by atoms with Gasteiger partial charge in [-0.15, -0.1) is 11.3 Å². The Morgan fingerprint density at radius 3 is 2.68 bits per heavy atom. The smallest absolute Gasteiger partial charge is 0.190 e. The SMILES string of the molecule is CN=C(NCCCc1nc2ccccc2s1)NCCc1ccccn1. The summed E-state index contributed by atoms with van der Waals surface area (Å²) in [4.78, 5) is 13.3. The molecule has 0 spiro atoms. The summed E-state index contributed by atoms with van der Waals surface area (Å²) < 4.78 is 1.26. The molecule has 5 nitrogen and oxygen atoms in total. The van der Waals surface area contributed by atoms with Crippen LogP contribution in [0.2, 0.25) is 0 Å². The van der Waals surface area contributed by atoms with Crippen LogP contribution in [0, 0.1) is 0 Å². The fourth-order valence-corrected chi connectivity index (χ4v) is 3.56. The minimum absolute atomic E-state index is 0.814. The second kappa shape index (κ2) is 9.13. The Morgan fingerprint density at radius 2 is 1.88 bits per heavy atom. The fraction of sp³-hybridized carbons (Fsp3) is 0.316. The molecule has 0 saturated carbocycles. The summed E-state index contributed by atoms with van der Waals surface area (Å²) in [5.41, 5.74) is 2.18. The van der Waals surface area contributed by atoms with Crippen LogP contribution in [0.25, 0.3) is 10.2 Å². The highest BCUT2D eigenvalue weighted by molar-refractivity contribution is 7.18. The van der Waals surface area contributed by atoms with Crippen molar-refractivity contribution in [2.75, 3.05) is 20.1 Å². The molecule has 2 N–H and O–H groups in total. The lowest BCUT2D eigenvalue weighted by molar-refractivity contribution is 0.735. The Labute approximate surface area is 152 Å². The van der Waals surface area contributed by atoms with Gasteiger partial charge in [0.2, 0.25) is 0 Å². The van der Waals surface area contributed by atoms with Crippen LogP contribution in [0.5, 0.6) is 0 Å². The first-order chi connectivity index (χ1) is 12.3. The van der Waals surface area contributed by atoms with Gasteiger partial charge in [0.1, 0.15) is 0 Å². The van der Waals surface area contributed by atoms with Crippen LogP contribution in [0.4, 0.5) is 0 Å². The summed E-state index contributed by atoms with van der Waals surface area (Å²) in [6.07, 6.45) is 4.72. The zero-order valence-corrected chi connectivity index (χ0v) is 15.2. The Hall–Kier alpha value is -2.47. The zero-order chi connectivity index (χ0) is 17.3. The van der Waals surface area contributed by atoms with E-state index in [1.54, 1.807) is 18.4 Å². The number of hydrogen-bond acceptors (Lipinski definition) is 4. The number of nitrogens with one attached hydrogen (secondary N) is 2. The van der Waals surface area contributed by atoms with E-state index in [-0.39, 0.29) is 0 Å². The first-order valence-electron chi connectivity index (χ1n) is 8.54. The molecule has 0 bridgehead atoms. The molecule has 3 aromatic rings. The molecule has 0 radical (unpaired) electrons. The lowest BCUT2D eigenvalue weighted by Gasteiger charge is -2.11. The maximum atomic E-state index is 4.67. The number of fused-ring (bicyclic) bond motifs is 1. The first-order valence-corrected chi connectivity index (χ1v) is 9.35. The van der Waals surface area contributed by atoms with Gasteiger partial charge in [0, 0.05) is 44.9 Å². The second-order valence-electron chi connectivity index (χ2n) is 5.68. The van der Waals surface area contributed by atoms with Crippen molar-refractivity contribution in [3.05, 3.63) is 59.4 Å². The van der Waals surface area contributed by atoms with E-state index in [1.165, 1.54) is 9.71 Å². The number of aryl methyl sites for hydroxylation is 1. The van der Waals surface area contributed by atoms with Crippen molar-refractivity contribution < 1.29 is 0 Å². The maximum Gasteiger partial charge on any atom is 0.190 e.